The lowest BCUT2D eigenvalue weighted by atomic mass is 9.75. The zero-order valence-corrected chi connectivity index (χ0v) is 11.3. The van der Waals surface area contributed by atoms with Gasteiger partial charge >= 0.3 is 0 Å². The third kappa shape index (κ3) is 2.05. The van der Waals surface area contributed by atoms with Gasteiger partial charge in [0.1, 0.15) is 5.52 Å². The molecule has 0 radical (unpaired) electrons. The summed E-state index contributed by atoms with van der Waals surface area (Å²) in [6.45, 7) is 7.99. The third-order valence-electron chi connectivity index (χ3n) is 3.50. The highest BCUT2D eigenvalue weighted by atomic mass is 35.5. The van der Waals surface area contributed by atoms with Gasteiger partial charge in [0, 0.05) is 16.6 Å². The van der Waals surface area contributed by atoms with E-state index in [2.05, 4.69) is 4.98 Å². The maximum Gasteiger partial charge on any atom is 0.202 e. The molecule has 0 aliphatic heterocycles. The van der Waals surface area contributed by atoms with Gasteiger partial charge < -0.3 is 10.2 Å². The fourth-order valence-corrected chi connectivity index (χ4v) is 1.60. The molecule has 0 unspecified atom stereocenters. The number of hydrogen-bond donors (Lipinski definition) is 1. The van der Waals surface area contributed by atoms with Gasteiger partial charge in [-0.1, -0.05) is 11.6 Å². The van der Waals surface area contributed by atoms with Gasteiger partial charge in [-0.15, -0.1) is 0 Å². The van der Waals surface area contributed by atoms with E-state index < -0.39 is 5.54 Å². The Kier molecular flexibility index (Phi) is 2.71. The summed E-state index contributed by atoms with van der Waals surface area (Å²) in [6, 6.07) is 5.42. The number of nitrogens with two attached hydrogens (primary N) is 1. The molecular formula is C13H17ClN2O. The quantitative estimate of drug-likeness (QED) is 0.890. The van der Waals surface area contributed by atoms with Gasteiger partial charge in [0.05, 0.1) is 5.41 Å². The number of fused-ring (bicyclic) bond motifs is 1. The van der Waals surface area contributed by atoms with E-state index in [1.54, 1.807) is 12.1 Å². The minimum atomic E-state index is -0.419. The number of halogens is 1. The molecule has 2 aromatic rings. The van der Waals surface area contributed by atoms with Gasteiger partial charge in [-0.2, -0.15) is 0 Å². The molecule has 0 atom stereocenters. The molecule has 1 heterocycles. The number of nitrogens with zero attached hydrogens (tertiary/aromatic N) is 1. The highest BCUT2D eigenvalue weighted by molar-refractivity contribution is 6.31. The minimum Gasteiger partial charge on any atom is -0.440 e. The van der Waals surface area contributed by atoms with Crippen LogP contribution in [0.4, 0.5) is 0 Å². The van der Waals surface area contributed by atoms with Gasteiger partial charge in [-0.25, -0.2) is 4.98 Å². The molecule has 4 heteroatoms. The third-order valence-corrected chi connectivity index (χ3v) is 3.73. The average molecular weight is 253 g/mol. The van der Waals surface area contributed by atoms with E-state index in [9.17, 15) is 0 Å². The Morgan fingerprint density at radius 2 is 1.88 bits per heavy atom. The van der Waals surface area contributed by atoms with Crippen LogP contribution in [0.2, 0.25) is 5.02 Å². The van der Waals surface area contributed by atoms with Crippen molar-refractivity contribution in [2.24, 2.45) is 5.73 Å². The van der Waals surface area contributed by atoms with E-state index in [-0.39, 0.29) is 5.41 Å². The highest BCUT2D eigenvalue weighted by Crippen LogP contribution is 2.34. The first-order valence-corrected chi connectivity index (χ1v) is 5.95. The second-order valence-corrected chi connectivity index (χ2v) is 5.91. The summed E-state index contributed by atoms with van der Waals surface area (Å²) >= 11 is 5.92. The summed E-state index contributed by atoms with van der Waals surface area (Å²) in [5.41, 5.74) is 6.91. The summed E-state index contributed by atoms with van der Waals surface area (Å²) in [7, 11) is 0. The standard InChI is InChI=1S/C13H17ClN2O/c1-12(2,13(3,4)15)11-16-9-6-5-8(14)7-10(9)17-11/h5-7H,15H2,1-4H3. The van der Waals surface area contributed by atoms with Crippen molar-refractivity contribution in [2.45, 2.75) is 38.6 Å². The Morgan fingerprint density at radius 3 is 2.47 bits per heavy atom. The van der Waals surface area contributed by atoms with Gasteiger partial charge in [0.15, 0.2) is 5.58 Å². The van der Waals surface area contributed by atoms with Crippen molar-refractivity contribution in [2.75, 3.05) is 0 Å². The summed E-state index contributed by atoms with van der Waals surface area (Å²) in [4.78, 5) is 4.49. The van der Waals surface area contributed by atoms with Crippen molar-refractivity contribution in [3.63, 3.8) is 0 Å². The molecule has 2 N–H and O–H groups in total. The first kappa shape index (κ1) is 12.4. The Balaban J connectivity index is 2.57. The molecule has 1 aromatic carbocycles. The molecular weight excluding hydrogens is 236 g/mol. The molecule has 2 rings (SSSR count). The topological polar surface area (TPSA) is 52.0 Å². The lowest BCUT2D eigenvalue weighted by Crippen LogP contribution is -2.50. The van der Waals surface area contributed by atoms with Crippen LogP contribution in [0.5, 0.6) is 0 Å². The molecule has 0 saturated heterocycles. The summed E-state index contributed by atoms with van der Waals surface area (Å²) in [6.07, 6.45) is 0. The lowest BCUT2D eigenvalue weighted by molar-refractivity contribution is 0.251. The van der Waals surface area contributed by atoms with Crippen LogP contribution >= 0.6 is 11.6 Å². The van der Waals surface area contributed by atoms with Crippen LogP contribution < -0.4 is 5.73 Å². The zero-order chi connectivity index (χ0) is 12.8. The van der Waals surface area contributed by atoms with Gasteiger partial charge in [-0.3, -0.25) is 0 Å². The average Bonchev–Trinajstić information content (AvgIpc) is 2.58. The smallest absolute Gasteiger partial charge is 0.202 e. The Morgan fingerprint density at radius 1 is 1.24 bits per heavy atom. The van der Waals surface area contributed by atoms with Crippen molar-refractivity contribution in [1.82, 2.24) is 4.98 Å². The van der Waals surface area contributed by atoms with Crippen LogP contribution in [0.15, 0.2) is 22.6 Å². The zero-order valence-electron chi connectivity index (χ0n) is 10.5. The van der Waals surface area contributed by atoms with Crippen molar-refractivity contribution in [3.05, 3.63) is 29.1 Å². The van der Waals surface area contributed by atoms with Crippen LogP contribution in [0.1, 0.15) is 33.6 Å². The van der Waals surface area contributed by atoms with E-state index in [0.717, 1.165) is 5.52 Å². The maximum atomic E-state index is 6.17. The van der Waals surface area contributed by atoms with E-state index in [0.29, 0.717) is 16.5 Å². The van der Waals surface area contributed by atoms with Gasteiger partial charge in [-0.05, 0) is 39.8 Å². The number of benzene rings is 1. The predicted octanol–water partition coefficient (Wildman–Crippen LogP) is 3.50. The second kappa shape index (κ2) is 3.72. The lowest BCUT2D eigenvalue weighted by Gasteiger charge is -2.35. The normalized spacial score (nSPS) is 13.3. The van der Waals surface area contributed by atoms with Gasteiger partial charge in [0.2, 0.25) is 5.89 Å². The van der Waals surface area contributed by atoms with E-state index in [1.807, 2.05) is 33.8 Å². The fourth-order valence-electron chi connectivity index (χ4n) is 1.44. The van der Waals surface area contributed by atoms with Gasteiger partial charge in [0.25, 0.3) is 0 Å². The van der Waals surface area contributed by atoms with E-state index in [4.69, 9.17) is 21.8 Å². The van der Waals surface area contributed by atoms with Crippen molar-refractivity contribution in [3.8, 4) is 0 Å². The number of rotatable bonds is 2. The molecule has 0 amide bonds. The first-order chi connectivity index (χ1) is 7.72. The monoisotopic (exact) mass is 252 g/mol. The SMILES string of the molecule is CC(C)(N)C(C)(C)c1nc2ccc(Cl)cc2o1. The molecule has 0 saturated carbocycles. The highest BCUT2D eigenvalue weighted by Gasteiger charge is 2.39. The van der Waals surface area contributed by atoms with Crippen molar-refractivity contribution < 1.29 is 4.42 Å². The summed E-state index contributed by atoms with van der Waals surface area (Å²) in [5.74, 6) is 0.641. The van der Waals surface area contributed by atoms with E-state index >= 15 is 0 Å². The van der Waals surface area contributed by atoms with Crippen LogP contribution in [0.3, 0.4) is 0 Å². The fraction of sp³-hybridized carbons (Fsp3) is 0.462. The number of aromatic nitrogens is 1. The van der Waals surface area contributed by atoms with E-state index in [1.165, 1.54) is 0 Å². The summed E-state index contributed by atoms with van der Waals surface area (Å²) < 4.78 is 5.76. The molecule has 0 spiro atoms. The molecule has 17 heavy (non-hydrogen) atoms. The van der Waals surface area contributed by atoms with Crippen molar-refractivity contribution >= 4 is 22.7 Å². The molecule has 0 aliphatic rings. The largest absolute Gasteiger partial charge is 0.440 e. The molecule has 0 aliphatic carbocycles. The molecule has 0 bridgehead atoms. The number of oxazole rings is 1. The minimum absolute atomic E-state index is 0.349. The van der Waals surface area contributed by atoms with Crippen molar-refractivity contribution in [1.29, 1.82) is 0 Å². The summed E-state index contributed by atoms with van der Waals surface area (Å²) in [5, 5.41) is 0.644. The van der Waals surface area contributed by atoms with Crippen LogP contribution in [-0.2, 0) is 5.41 Å². The van der Waals surface area contributed by atoms with Crippen LogP contribution in [0, 0.1) is 0 Å². The Labute approximate surface area is 106 Å². The molecule has 3 nitrogen and oxygen atoms in total. The molecule has 1 aromatic heterocycles. The molecule has 92 valence electrons. The van der Waals surface area contributed by atoms with Crippen LogP contribution in [-0.4, -0.2) is 10.5 Å². The molecule has 0 fully saturated rings. The first-order valence-electron chi connectivity index (χ1n) is 5.57. The second-order valence-electron chi connectivity index (χ2n) is 5.48. The maximum absolute atomic E-state index is 6.17. The Bertz CT molecular complexity index is 552. The van der Waals surface area contributed by atoms with Crippen LogP contribution in [0.25, 0.3) is 11.1 Å². The number of hydrogen-bond acceptors (Lipinski definition) is 3. The Hall–Kier alpha value is -1.06. The predicted molar refractivity (Wildman–Crippen MR) is 70.3 cm³/mol.